The van der Waals surface area contributed by atoms with Gasteiger partial charge < -0.3 is 14.7 Å². The summed E-state index contributed by atoms with van der Waals surface area (Å²) in [5.41, 5.74) is 0.577. The number of piperazine rings is 1. The van der Waals surface area contributed by atoms with Crippen molar-refractivity contribution in [2.75, 3.05) is 37.6 Å². The Morgan fingerprint density at radius 1 is 1.08 bits per heavy atom. The van der Waals surface area contributed by atoms with Crippen LogP contribution in [-0.4, -0.2) is 60.2 Å². The lowest BCUT2D eigenvalue weighted by molar-refractivity contribution is -0.141. The summed E-state index contributed by atoms with van der Waals surface area (Å²) in [6, 6.07) is 4.95. The Bertz CT molecular complexity index is 717. The Labute approximate surface area is 156 Å². The highest BCUT2D eigenvalue weighted by molar-refractivity contribution is 6.36. The predicted octanol–water partition coefficient (Wildman–Crippen LogP) is 2.04. The molecule has 0 aromatic heterocycles. The van der Waals surface area contributed by atoms with Crippen molar-refractivity contribution in [3.8, 4) is 0 Å². The molecule has 0 spiro atoms. The summed E-state index contributed by atoms with van der Waals surface area (Å²) >= 11 is 12.1. The minimum absolute atomic E-state index is 0.0201. The Hall–Kier alpha value is -1.79. The lowest BCUT2D eigenvalue weighted by Gasteiger charge is -2.35. The topological polar surface area (TPSA) is 60.9 Å². The molecule has 8 heteroatoms. The van der Waals surface area contributed by atoms with Gasteiger partial charge >= 0.3 is 0 Å². The molecule has 1 atom stereocenters. The molecule has 1 unspecified atom stereocenters. The molecule has 6 nitrogen and oxygen atoms in total. The predicted molar refractivity (Wildman–Crippen MR) is 95.8 cm³/mol. The molecule has 3 amide bonds. The first-order valence-corrected chi connectivity index (χ1v) is 8.92. The fourth-order valence-electron chi connectivity index (χ4n) is 3.31. The second-order valence-electron chi connectivity index (χ2n) is 6.33. The normalized spacial score (nSPS) is 21.0. The summed E-state index contributed by atoms with van der Waals surface area (Å²) in [4.78, 5) is 41.5. The van der Waals surface area contributed by atoms with Crippen molar-refractivity contribution in [2.45, 2.75) is 13.3 Å². The average molecular weight is 384 g/mol. The zero-order chi connectivity index (χ0) is 18.1. The second kappa shape index (κ2) is 7.22. The number of hydrogen-bond donors (Lipinski definition) is 0. The number of rotatable bonds is 2. The third-order valence-corrected chi connectivity index (χ3v) is 5.25. The lowest BCUT2D eigenvalue weighted by Crippen LogP contribution is -2.51. The first kappa shape index (κ1) is 18.0. The van der Waals surface area contributed by atoms with Gasteiger partial charge in [0.1, 0.15) is 0 Å². The van der Waals surface area contributed by atoms with E-state index in [0.717, 1.165) is 0 Å². The van der Waals surface area contributed by atoms with E-state index in [4.69, 9.17) is 23.2 Å². The van der Waals surface area contributed by atoms with Gasteiger partial charge in [0.05, 0.1) is 16.6 Å². The van der Waals surface area contributed by atoms with Crippen LogP contribution in [0.2, 0.25) is 10.0 Å². The monoisotopic (exact) mass is 383 g/mol. The highest BCUT2D eigenvalue weighted by Gasteiger charge is 2.38. The molecule has 134 valence electrons. The summed E-state index contributed by atoms with van der Waals surface area (Å²) in [7, 11) is 0. The Morgan fingerprint density at radius 2 is 1.72 bits per heavy atom. The summed E-state index contributed by atoms with van der Waals surface area (Å²) < 4.78 is 0. The summed E-state index contributed by atoms with van der Waals surface area (Å²) in [6.45, 7) is 3.92. The van der Waals surface area contributed by atoms with E-state index in [0.29, 0.717) is 48.5 Å². The van der Waals surface area contributed by atoms with Crippen molar-refractivity contribution in [1.82, 2.24) is 9.80 Å². The minimum atomic E-state index is -0.386. The fourth-order valence-corrected chi connectivity index (χ4v) is 3.82. The average Bonchev–Trinajstić information content (AvgIpc) is 2.96. The van der Waals surface area contributed by atoms with E-state index in [9.17, 15) is 14.4 Å². The van der Waals surface area contributed by atoms with Crippen LogP contribution in [0.1, 0.15) is 13.3 Å². The van der Waals surface area contributed by atoms with Crippen LogP contribution in [0.3, 0.4) is 0 Å². The van der Waals surface area contributed by atoms with Gasteiger partial charge in [0.15, 0.2) is 0 Å². The largest absolute Gasteiger partial charge is 0.339 e. The maximum absolute atomic E-state index is 12.7. The molecule has 0 saturated carbocycles. The molecule has 0 radical (unpaired) electrons. The van der Waals surface area contributed by atoms with Gasteiger partial charge in [0.25, 0.3) is 0 Å². The van der Waals surface area contributed by atoms with Gasteiger partial charge in [-0.15, -0.1) is 0 Å². The van der Waals surface area contributed by atoms with Gasteiger partial charge in [0.2, 0.25) is 17.7 Å². The smallest absolute Gasteiger partial charge is 0.228 e. The first-order chi connectivity index (χ1) is 11.9. The minimum Gasteiger partial charge on any atom is -0.339 e. The Morgan fingerprint density at radius 3 is 2.32 bits per heavy atom. The van der Waals surface area contributed by atoms with Crippen LogP contribution >= 0.6 is 23.2 Å². The van der Waals surface area contributed by atoms with Crippen LogP contribution in [0.25, 0.3) is 0 Å². The highest BCUT2D eigenvalue weighted by Crippen LogP contribution is 2.33. The zero-order valence-electron chi connectivity index (χ0n) is 13.9. The van der Waals surface area contributed by atoms with Crippen molar-refractivity contribution in [2.24, 2.45) is 5.92 Å². The lowest BCUT2D eigenvalue weighted by atomic mass is 10.1. The molecule has 1 aromatic carbocycles. The van der Waals surface area contributed by atoms with Crippen LogP contribution in [0.4, 0.5) is 5.69 Å². The van der Waals surface area contributed by atoms with E-state index in [1.165, 1.54) is 6.92 Å². The standard InChI is InChI=1S/C17H19Cl2N3O3/c1-11(23)20-4-6-21(7-5-20)17(25)12-8-16(24)22(10-12)15-3-2-13(18)9-14(15)19/h2-3,9,12H,4-8,10H2,1H3. The van der Waals surface area contributed by atoms with Crippen LogP contribution < -0.4 is 4.90 Å². The van der Waals surface area contributed by atoms with Gasteiger partial charge in [-0.25, -0.2) is 0 Å². The van der Waals surface area contributed by atoms with Gasteiger partial charge in [-0.2, -0.15) is 0 Å². The van der Waals surface area contributed by atoms with E-state index < -0.39 is 0 Å². The fraction of sp³-hybridized carbons (Fsp3) is 0.471. The number of halogens is 2. The molecule has 1 aromatic rings. The number of hydrogen-bond acceptors (Lipinski definition) is 3. The van der Waals surface area contributed by atoms with Crippen molar-refractivity contribution in [3.05, 3.63) is 28.2 Å². The molecule has 3 rings (SSSR count). The molecular weight excluding hydrogens is 365 g/mol. The van der Waals surface area contributed by atoms with Gasteiger partial charge in [0, 0.05) is 51.1 Å². The van der Waals surface area contributed by atoms with Gasteiger partial charge in [-0.05, 0) is 18.2 Å². The van der Waals surface area contributed by atoms with Crippen molar-refractivity contribution in [3.63, 3.8) is 0 Å². The van der Waals surface area contributed by atoms with Crippen molar-refractivity contribution in [1.29, 1.82) is 0 Å². The third kappa shape index (κ3) is 3.75. The molecule has 2 aliphatic rings. The molecule has 2 saturated heterocycles. The number of benzene rings is 1. The number of carbonyl (C=O) groups is 3. The molecule has 0 N–H and O–H groups in total. The van der Waals surface area contributed by atoms with Crippen LogP contribution in [0.15, 0.2) is 18.2 Å². The molecule has 0 bridgehead atoms. The summed E-state index contributed by atoms with van der Waals surface area (Å²) in [5, 5.41) is 0.889. The number of anilines is 1. The van der Waals surface area contributed by atoms with Crippen LogP contribution in [0, 0.1) is 5.92 Å². The molecule has 25 heavy (non-hydrogen) atoms. The Kier molecular flexibility index (Phi) is 5.20. The van der Waals surface area contributed by atoms with Crippen molar-refractivity contribution < 1.29 is 14.4 Å². The third-order valence-electron chi connectivity index (χ3n) is 4.71. The maximum Gasteiger partial charge on any atom is 0.228 e. The van der Waals surface area contributed by atoms with Crippen LogP contribution in [-0.2, 0) is 14.4 Å². The number of nitrogens with zero attached hydrogens (tertiary/aromatic N) is 3. The highest BCUT2D eigenvalue weighted by atomic mass is 35.5. The van der Waals surface area contributed by atoms with Gasteiger partial charge in [-0.3, -0.25) is 14.4 Å². The number of amides is 3. The van der Waals surface area contributed by atoms with Crippen LogP contribution in [0.5, 0.6) is 0 Å². The first-order valence-electron chi connectivity index (χ1n) is 8.16. The summed E-state index contributed by atoms with van der Waals surface area (Å²) in [6.07, 6.45) is 0.171. The maximum atomic E-state index is 12.7. The summed E-state index contributed by atoms with van der Waals surface area (Å²) in [5.74, 6) is -0.524. The number of carbonyl (C=O) groups excluding carboxylic acids is 3. The molecule has 0 aliphatic carbocycles. The molecular formula is C17H19Cl2N3O3. The molecule has 2 fully saturated rings. The van der Waals surface area contributed by atoms with E-state index >= 15 is 0 Å². The quantitative estimate of drug-likeness (QED) is 0.784. The zero-order valence-corrected chi connectivity index (χ0v) is 15.4. The molecule has 2 heterocycles. The Balaban J connectivity index is 1.66. The van der Waals surface area contributed by atoms with Gasteiger partial charge in [-0.1, -0.05) is 23.2 Å². The van der Waals surface area contributed by atoms with Crippen molar-refractivity contribution >= 4 is 46.6 Å². The van der Waals surface area contributed by atoms with E-state index in [1.54, 1.807) is 32.9 Å². The van der Waals surface area contributed by atoms with E-state index in [2.05, 4.69) is 0 Å². The second-order valence-corrected chi connectivity index (χ2v) is 7.18. The SMILES string of the molecule is CC(=O)N1CCN(C(=O)C2CC(=O)N(c3ccc(Cl)cc3Cl)C2)CC1. The van der Waals surface area contributed by atoms with E-state index in [-0.39, 0.29) is 30.1 Å². The molecule has 2 aliphatic heterocycles. The van der Waals surface area contributed by atoms with E-state index in [1.807, 2.05) is 0 Å².